The third-order valence-corrected chi connectivity index (χ3v) is 2.87. The number of hydrogen-bond acceptors (Lipinski definition) is 3. The van der Waals surface area contributed by atoms with Crippen molar-refractivity contribution in [3.05, 3.63) is 12.7 Å². The minimum Gasteiger partial charge on any atom is -0.390 e. The molecule has 0 saturated heterocycles. The molecule has 0 N–H and O–H groups in total. The lowest BCUT2D eigenvalue weighted by molar-refractivity contribution is -0.156. The topological polar surface area (TPSA) is 43.4 Å². The number of rotatable bonds is 11. The zero-order valence-corrected chi connectivity index (χ0v) is 11.6. The predicted molar refractivity (Wildman–Crippen MR) is 73.1 cm³/mol. The van der Waals surface area contributed by atoms with Crippen molar-refractivity contribution in [1.29, 1.82) is 0 Å². The van der Waals surface area contributed by atoms with Gasteiger partial charge in [0, 0.05) is 12.5 Å². The molecular weight excluding hydrogens is 228 g/mol. The summed E-state index contributed by atoms with van der Waals surface area (Å²) in [5, 5.41) is 0. The number of hydrogen-bond donors (Lipinski definition) is 0. The molecule has 18 heavy (non-hydrogen) atoms. The maximum Gasteiger partial charge on any atom is 0.337 e. The molecule has 0 aliphatic carbocycles. The Labute approximate surface area is 111 Å². The molecule has 0 radical (unpaired) electrons. The van der Waals surface area contributed by atoms with Crippen molar-refractivity contribution in [2.75, 3.05) is 0 Å². The van der Waals surface area contributed by atoms with E-state index >= 15 is 0 Å². The van der Waals surface area contributed by atoms with Crippen LogP contribution in [0.5, 0.6) is 0 Å². The van der Waals surface area contributed by atoms with Crippen LogP contribution in [-0.2, 0) is 14.3 Å². The van der Waals surface area contributed by atoms with Gasteiger partial charge in [-0.3, -0.25) is 4.79 Å². The molecule has 104 valence electrons. The van der Waals surface area contributed by atoms with Crippen molar-refractivity contribution in [3.8, 4) is 0 Å². The van der Waals surface area contributed by atoms with Gasteiger partial charge in [0.15, 0.2) is 0 Å². The van der Waals surface area contributed by atoms with E-state index in [-0.39, 0.29) is 0 Å². The highest BCUT2D eigenvalue weighted by Gasteiger charge is 2.06. The average Bonchev–Trinajstić information content (AvgIpc) is 2.36. The largest absolute Gasteiger partial charge is 0.390 e. The van der Waals surface area contributed by atoms with E-state index in [0.717, 1.165) is 25.3 Å². The highest BCUT2D eigenvalue weighted by Crippen LogP contribution is 2.10. The quantitative estimate of drug-likeness (QED) is 0.240. The maximum atomic E-state index is 11.1. The lowest BCUT2D eigenvalue weighted by Crippen LogP contribution is -2.09. The van der Waals surface area contributed by atoms with E-state index in [0.29, 0.717) is 6.42 Å². The molecule has 0 rings (SSSR count). The molecular formula is C15H26O3. The molecule has 3 nitrogen and oxygen atoms in total. The van der Waals surface area contributed by atoms with E-state index in [1.807, 2.05) is 0 Å². The first kappa shape index (κ1) is 16.9. The van der Waals surface area contributed by atoms with Gasteiger partial charge < -0.3 is 4.74 Å². The Morgan fingerprint density at radius 2 is 1.44 bits per heavy atom. The van der Waals surface area contributed by atoms with Crippen molar-refractivity contribution in [1.82, 2.24) is 0 Å². The molecule has 0 saturated carbocycles. The number of carbonyl (C=O) groups is 2. The van der Waals surface area contributed by atoms with Crippen LogP contribution in [0.25, 0.3) is 0 Å². The van der Waals surface area contributed by atoms with Gasteiger partial charge in [-0.15, -0.1) is 0 Å². The Hall–Kier alpha value is -1.12. The van der Waals surface area contributed by atoms with Gasteiger partial charge in [-0.05, 0) is 6.42 Å². The van der Waals surface area contributed by atoms with Crippen LogP contribution in [0.1, 0.15) is 71.1 Å². The van der Waals surface area contributed by atoms with Crippen LogP contribution in [0, 0.1) is 0 Å². The lowest BCUT2D eigenvalue weighted by atomic mass is 10.1. The molecule has 0 aliphatic rings. The van der Waals surface area contributed by atoms with Crippen LogP contribution in [0.2, 0.25) is 0 Å². The summed E-state index contributed by atoms with van der Waals surface area (Å²) in [4.78, 5) is 21.9. The van der Waals surface area contributed by atoms with E-state index in [1.165, 1.54) is 38.5 Å². The van der Waals surface area contributed by atoms with Gasteiger partial charge in [-0.1, -0.05) is 64.9 Å². The van der Waals surface area contributed by atoms with Crippen molar-refractivity contribution in [2.24, 2.45) is 0 Å². The summed E-state index contributed by atoms with van der Waals surface area (Å²) in [6.07, 6.45) is 12.1. The summed E-state index contributed by atoms with van der Waals surface area (Å²) in [6.45, 7) is 5.46. The first-order valence-electron chi connectivity index (χ1n) is 7.07. The summed E-state index contributed by atoms with van der Waals surface area (Å²) in [5.41, 5.74) is 0. The van der Waals surface area contributed by atoms with E-state index in [2.05, 4.69) is 18.2 Å². The van der Waals surface area contributed by atoms with Crippen LogP contribution >= 0.6 is 0 Å². The Balaban J connectivity index is 3.22. The molecule has 0 bridgehead atoms. The smallest absolute Gasteiger partial charge is 0.337 e. The van der Waals surface area contributed by atoms with Gasteiger partial charge in [0.2, 0.25) is 0 Å². The summed E-state index contributed by atoms with van der Waals surface area (Å²) < 4.78 is 4.48. The second kappa shape index (κ2) is 12.3. The molecule has 0 fully saturated rings. The van der Waals surface area contributed by atoms with E-state index in [9.17, 15) is 9.59 Å². The summed E-state index contributed by atoms with van der Waals surface area (Å²) in [6, 6.07) is 0. The molecule has 0 heterocycles. The highest BCUT2D eigenvalue weighted by molar-refractivity contribution is 5.91. The van der Waals surface area contributed by atoms with Gasteiger partial charge in [0.25, 0.3) is 0 Å². The zero-order chi connectivity index (χ0) is 13.6. The Kier molecular flexibility index (Phi) is 11.6. The minimum absolute atomic E-state index is 0.329. The zero-order valence-electron chi connectivity index (χ0n) is 11.6. The Morgan fingerprint density at radius 1 is 0.944 bits per heavy atom. The SMILES string of the molecule is C=CC(=O)OC(=O)CCCCCCCCCCC. The van der Waals surface area contributed by atoms with Gasteiger partial charge in [-0.2, -0.15) is 0 Å². The first-order chi connectivity index (χ1) is 8.70. The molecule has 0 atom stereocenters. The Morgan fingerprint density at radius 3 is 1.94 bits per heavy atom. The van der Waals surface area contributed by atoms with Crippen LogP contribution in [0.4, 0.5) is 0 Å². The normalized spacial score (nSPS) is 10.1. The van der Waals surface area contributed by atoms with Gasteiger partial charge in [0.05, 0.1) is 0 Å². The van der Waals surface area contributed by atoms with Crippen molar-refractivity contribution in [3.63, 3.8) is 0 Å². The minimum atomic E-state index is -0.657. The van der Waals surface area contributed by atoms with Gasteiger partial charge >= 0.3 is 11.9 Å². The second-order valence-corrected chi connectivity index (χ2v) is 4.58. The second-order valence-electron chi connectivity index (χ2n) is 4.58. The average molecular weight is 254 g/mol. The van der Waals surface area contributed by atoms with Gasteiger partial charge in [-0.25, -0.2) is 4.79 Å². The van der Waals surface area contributed by atoms with Crippen LogP contribution in [0.15, 0.2) is 12.7 Å². The van der Waals surface area contributed by atoms with Crippen molar-refractivity contribution < 1.29 is 14.3 Å². The van der Waals surface area contributed by atoms with Crippen molar-refractivity contribution >= 4 is 11.9 Å². The van der Waals surface area contributed by atoms with Crippen molar-refractivity contribution in [2.45, 2.75) is 71.1 Å². The summed E-state index contributed by atoms with van der Waals surface area (Å²) in [5.74, 6) is -1.10. The fourth-order valence-electron chi connectivity index (χ4n) is 1.78. The highest BCUT2D eigenvalue weighted by atomic mass is 16.6. The molecule has 0 amide bonds. The molecule has 0 aromatic carbocycles. The molecule has 3 heteroatoms. The summed E-state index contributed by atoms with van der Waals surface area (Å²) in [7, 11) is 0. The van der Waals surface area contributed by atoms with E-state index < -0.39 is 11.9 Å². The third kappa shape index (κ3) is 11.4. The summed E-state index contributed by atoms with van der Waals surface area (Å²) >= 11 is 0. The number of ether oxygens (including phenoxy) is 1. The molecule has 0 aromatic heterocycles. The fourth-order valence-corrected chi connectivity index (χ4v) is 1.78. The standard InChI is InChI=1S/C15H26O3/c1-3-5-6-7-8-9-10-11-12-13-15(17)18-14(16)4-2/h4H,2-3,5-13H2,1H3. The lowest BCUT2D eigenvalue weighted by Gasteiger charge is -2.02. The first-order valence-corrected chi connectivity index (χ1v) is 7.07. The molecule has 0 aromatic rings. The molecule has 0 aliphatic heterocycles. The number of carbonyl (C=O) groups excluding carboxylic acids is 2. The number of unbranched alkanes of at least 4 members (excludes halogenated alkanes) is 8. The van der Waals surface area contributed by atoms with Gasteiger partial charge in [0.1, 0.15) is 0 Å². The number of esters is 2. The molecule has 0 spiro atoms. The maximum absolute atomic E-state index is 11.1. The van der Waals surface area contributed by atoms with E-state index in [4.69, 9.17) is 0 Å². The Bertz CT molecular complexity index is 246. The van der Waals surface area contributed by atoms with Crippen LogP contribution in [-0.4, -0.2) is 11.9 Å². The monoisotopic (exact) mass is 254 g/mol. The molecule has 0 unspecified atom stereocenters. The van der Waals surface area contributed by atoms with Crippen LogP contribution in [0.3, 0.4) is 0 Å². The predicted octanol–water partition coefficient (Wildman–Crippen LogP) is 4.16. The third-order valence-electron chi connectivity index (χ3n) is 2.87. The van der Waals surface area contributed by atoms with E-state index in [1.54, 1.807) is 0 Å². The fraction of sp³-hybridized carbons (Fsp3) is 0.733. The van der Waals surface area contributed by atoms with Crippen LogP contribution < -0.4 is 0 Å².